The summed E-state index contributed by atoms with van der Waals surface area (Å²) >= 11 is 0. The molecule has 5 heteroatoms. The smallest absolute Gasteiger partial charge is 0.255 e. The topological polar surface area (TPSA) is 67.8 Å². The summed E-state index contributed by atoms with van der Waals surface area (Å²) in [5, 5.41) is 11.8. The molecular weight excluding hydrogens is 258 g/mol. The minimum absolute atomic E-state index is 0.178. The fourth-order valence-electron chi connectivity index (χ4n) is 1.83. The van der Waals surface area contributed by atoms with Gasteiger partial charge in [0, 0.05) is 13.2 Å². The molecule has 0 spiro atoms. The molecule has 2 N–H and O–H groups in total. The van der Waals surface area contributed by atoms with E-state index < -0.39 is 0 Å². The third-order valence-corrected chi connectivity index (χ3v) is 3.12. The third-order valence-electron chi connectivity index (χ3n) is 3.12. The van der Waals surface area contributed by atoms with Crippen molar-refractivity contribution in [3.8, 4) is 11.5 Å². The Morgan fingerprint density at radius 2 is 2.10 bits per heavy atom. The van der Waals surface area contributed by atoms with Gasteiger partial charge in [0.05, 0.1) is 19.8 Å². The van der Waals surface area contributed by atoms with E-state index in [2.05, 4.69) is 5.32 Å². The molecule has 112 valence electrons. The van der Waals surface area contributed by atoms with E-state index >= 15 is 0 Å². The monoisotopic (exact) mass is 281 g/mol. The van der Waals surface area contributed by atoms with Gasteiger partial charge in [0.2, 0.25) is 0 Å². The van der Waals surface area contributed by atoms with Crippen molar-refractivity contribution in [3.63, 3.8) is 0 Å². The number of aliphatic hydroxyl groups excluding tert-OH is 1. The van der Waals surface area contributed by atoms with Crippen molar-refractivity contribution in [3.05, 3.63) is 23.8 Å². The van der Waals surface area contributed by atoms with Crippen molar-refractivity contribution in [2.45, 2.75) is 19.8 Å². The van der Waals surface area contributed by atoms with Crippen molar-refractivity contribution in [2.24, 2.45) is 5.92 Å². The molecule has 5 nitrogen and oxygen atoms in total. The molecule has 0 fully saturated rings. The van der Waals surface area contributed by atoms with Gasteiger partial charge in [-0.25, -0.2) is 0 Å². The fourth-order valence-corrected chi connectivity index (χ4v) is 1.83. The first-order valence-electron chi connectivity index (χ1n) is 6.73. The molecule has 0 aromatic heterocycles. The zero-order valence-corrected chi connectivity index (χ0v) is 12.3. The number of nitrogens with one attached hydrogen (secondary N) is 1. The molecule has 0 saturated carbocycles. The lowest BCUT2D eigenvalue weighted by molar-refractivity contribution is 0.0948. The lowest BCUT2D eigenvalue weighted by Crippen LogP contribution is -2.25. The number of aliphatic hydroxyl groups is 1. The Bertz CT molecular complexity index is 434. The molecule has 1 unspecified atom stereocenters. The van der Waals surface area contributed by atoms with Gasteiger partial charge in [0.15, 0.2) is 0 Å². The molecule has 20 heavy (non-hydrogen) atoms. The molecular formula is C15H23NO4. The van der Waals surface area contributed by atoms with E-state index in [0.29, 0.717) is 23.6 Å². The van der Waals surface area contributed by atoms with E-state index in [1.54, 1.807) is 25.3 Å². The minimum Gasteiger partial charge on any atom is -0.497 e. The highest BCUT2D eigenvalue weighted by Crippen LogP contribution is 2.23. The summed E-state index contributed by atoms with van der Waals surface area (Å²) in [6.07, 6.45) is 1.71. The predicted octanol–water partition coefficient (Wildman–Crippen LogP) is 1.84. The van der Waals surface area contributed by atoms with Crippen LogP contribution < -0.4 is 14.8 Å². The highest BCUT2D eigenvalue weighted by molar-refractivity contribution is 5.97. The molecule has 0 bridgehead atoms. The Kier molecular flexibility index (Phi) is 6.87. The van der Waals surface area contributed by atoms with Crippen LogP contribution in [0.25, 0.3) is 0 Å². The summed E-state index contributed by atoms with van der Waals surface area (Å²) in [7, 11) is 3.08. The quantitative estimate of drug-likeness (QED) is 0.714. The number of methoxy groups -OCH3 is 2. The molecule has 0 heterocycles. The number of ether oxygens (including phenoxy) is 2. The van der Waals surface area contributed by atoms with E-state index in [-0.39, 0.29) is 18.4 Å². The van der Waals surface area contributed by atoms with Crippen molar-refractivity contribution >= 4 is 5.91 Å². The van der Waals surface area contributed by atoms with Gasteiger partial charge < -0.3 is 19.9 Å². The Hall–Kier alpha value is -1.75. The van der Waals surface area contributed by atoms with Gasteiger partial charge >= 0.3 is 0 Å². The van der Waals surface area contributed by atoms with Crippen LogP contribution in [0.15, 0.2) is 18.2 Å². The van der Waals surface area contributed by atoms with Crippen molar-refractivity contribution in [1.82, 2.24) is 5.32 Å². The normalized spacial score (nSPS) is 11.8. The summed E-state index contributed by atoms with van der Waals surface area (Å²) in [4.78, 5) is 12.1. The summed E-state index contributed by atoms with van der Waals surface area (Å²) in [5.41, 5.74) is 0.460. The molecule has 1 rings (SSSR count). The highest BCUT2D eigenvalue weighted by Gasteiger charge is 2.13. The number of amides is 1. The van der Waals surface area contributed by atoms with Gasteiger partial charge in [0.25, 0.3) is 5.91 Å². The zero-order valence-electron chi connectivity index (χ0n) is 12.3. The minimum atomic E-state index is -0.183. The second-order valence-electron chi connectivity index (χ2n) is 4.75. The van der Waals surface area contributed by atoms with Gasteiger partial charge in [-0.05, 0) is 37.0 Å². The van der Waals surface area contributed by atoms with Gasteiger partial charge in [-0.3, -0.25) is 4.79 Å². The van der Waals surface area contributed by atoms with Crippen molar-refractivity contribution in [2.75, 3.05) is 27.4 Å². The Balaban J connectivity index is 2.58. The second kappa shape index (κ2) is 8.43. The average molecular weight is 281 g/mol. The van der Waals surface area contributed by atoms with Crippen molar-refractivity contribution in [1.29, 1.82) is 0 Å². The lowest BCUT2D eigenvalue weighted by atomic mass is 10.1. The maximum Gasteiger partial charge on any atom is 0.255 e. The van der Waals surface area contributed by atoms with Crippen LogP contribution in [0.2, 0.25) is 0 Å². The summed E-state index contributed by atoms with van der Waals surface area (Å²) < 4.78 is 10.3. The van der Waals surface area contributed by atoms with E-state index in [1.165, 1.54) is 7.11 Å². The Morgan fingerprint density at radius 3 is 2.70 bits per heavy atom. The maximum atomic E-state index is 12.1. The predicted molar refractivity (Wildman–Crippen MR) is 77.4 cm³/mol. The van der Waals surface area contributed by atoms with Crippen LogP contribution >= 0.6 is 0 Å². The summed E-state index contributed by atoms with van der Waals surface area (Å²) in [6.45, 7) is 2.73. The van der Waals surface area contributed by atoms with Crippen LogP contribution in [-0.2, 0) is 0 Å². The largest absolute Gasteiger partial charge is 0.497 e. The first-order chi connectivity index (χ1) is 9.62. The number of benzene rings is 1. The fraction of sp³-hybridized carbons (Fsp3) is 0.533. The van der Waals surface area contributed by atoms with Gasteiger partial charge in [-0.1, -0.05) is 6.92 Å². The van der Waals surface area contributed by atoms with E-state index in [9.17, 15) is 4.79 Å². The summed E-state index contributed by atoms with van der Waals surface area (Å²) in [6, 6.07) is 5.12. The number of carbonyl (C=O) groups is 1. The van der Waals surface area contributed by atoms with Crippen LogP contribution in [-0.4, -0.2) is 38.4 Å². The van der Waals surface area contributed by atoms with Crippen molar-refractivity contribution < 1.29 is 19.4 Å². The lowest BCUT2D eigenvalue weighted by Gasteiger charge is -2.11. The molecule has 0 aliphatic heterocycles. The summed E-state index contributed by atoms with van der Waals surface area (Å²) in [5.74, 6) is 1.22. The number of carbonyl (C=O) groups excluding carboxylic acids is 1. The standard InChI is InChI=1S/C15H23NO4/c1-11(10-17)5-4-8-16-15(18)13-9-12(19-2)6-7-14(13)20-3/h6-7,9,11,17H,4-5,8,10H2,1-3H3,(H,16,18). The third kappa shape index (κ3) is 4.74. The van der Waals surface area contributed by atoms with E-state index in [1.807, 2.05) is 6.92 Å². The molecule has 1 amide bonds. The van der Waals surface area contributed by atoms with Gasteiger partial charge in [-0.15, -0.1) is 0 Å². The SMILES string of the molecule is COc1ccc(OC)c(C(=O)NCCCC(C)CO)c1. The number of hydrogen-bond acceptors (Lipinski definition) is 4. The first-order valence-corrected chi connectivity index (χ1v) is 6.73. The van der Waals surface area contributed by atoms with Crippen LogP contribution in [0.4, 0.5) is 0 Å². The maximum absolute atomic E-state index is 12.1. The second-order valence-corrected chi connectivity index (χ2v) is 4.75. The zero-order chi connectivity index (χ0) is 15.0. The van der Waals surface area contributed by atoms with Crippen LogP contribution in [0.5, 0.6) is 11.5 Å². The van der Waals surface area contributed by atoms with Crippen LogP contribution in [0.3, 0.4) is 0 Å². The number of rotatable bonds is 8. The molecule has 0 radical (unpaired) electrons. The van der Waals surface area contributed by atoms with Crippen LogP contribution in [0, 0.1) is 5.92 Å². The Morgan fingerprint density at radius 1 is 1.35 bits per heavy atom. The molecule has 0 aliphatic rings. The Labute approximate surface area is 119 Å². The molecule has 1 atom stereocenters. The highest BCUT2D eigenvalue weighted by atomic mass is 16.5. The average Bonchev–Trinajstić information content (AvgIpc) is 2.50. The first kappa shape index (κ1) is 16.3. The number of hydrogen-bond donors (Lipinski definition) is 2. The molecule has 0 saturated heterocycles. The molecule has 0 aliphatic carbocycles. The van der Waals surface area contributed by atoms with Crippen LogP contribution in [0.1, 0.15) is 30.1 Å². The van der Waals surface area contributed by atoms with E-state index in [4.69, 9.17) is 14.6 Å². The van der Waals surface area contributed by atoms with E-state index in [0.717, 1.165) is 12.8 Å². The van der Waals surface area contributed by atoms with Gasteiger partial charge in [-0.2, -0.15) is 0 Å². The molecule has 1 aromatic carbocycles. The molecule has 1 aromatic rings. The van der Waals surface area contributed by atoms with Gasteiger partial charge in [0.1, 0.15) is 11.5 Å².